The Morgan fingerprint density at radius 1 is 1.23 bits per heavy atom. The fourth-order valence-corrected chi connectivity index (χ4v) is 5.53. The zero-order valence-corrected chi connectivity index (χ0v) is 19.3. The summed E-state index contributed by atoms with van der Waals surface area (Å²) in [6.45, 7) is 6.00. The number of amides is 1. The molecule has 0 radical (unpaired) electrons. The summed E-state index contributed by atoms with van der Waals surface area (Å²) in [4.78, 5) is 25.6. The minimum atomic E-state index is -0.0155. The van der Waals surface area contributed by atoms with Crippen LogP contribution in [-0.4, -0.2) is 48.7 Å². The lowest BCUT2D eigenvalue weighted by Crippen LogP contribution is -2.42. The van der Waals surface area contributed by atoms with Gasteiger partial charge in [0, 0.05) is 42.3 Å². The summed E-state index contributed by atoms with van der Waals surface area (Å²) >= 11 is 1.58. The average molecular weight is 439 g/mol. The number of benzene rings is 1. The van der Waals surface area contributed by atoms with Gasteiger partial charge < -0.3 is 15.0 Å². The molecule has 1 amide bonds. The monoisotopic (exact) mass is 438 g/mol. The summed E-state index contributed by atoms with van der Waals surface area (Å²) in [5.74, 6) is 0.797. The second-order valence-corrected chi connectivity index (χ2v) is 9.20. The molecule has 1 fully saturated rings. The van der Waals surface area contributed by atoms with Gasteiger partial charge in [-0.1, -0.05) is 18.2 Å². The Balaban J connectivity index is 1.67. The Hall–Kier alpha value is -2.51. The van der Waals surface area contributed by atoms with E-state index in [1.165, 1.54) is 11.8 Å². The number of aryl methyl sites for hydroxylation is 2. The van der Waals surface area contributed by atoms with E-state index in [1.807, 2.05) is 26.0 Å². The number of nitrogens with one attached hydrogen (secondary N) is 1. The van der Waals surface area contributed by atoms with Crippen molar-refractivity contribution in [2.24, 2.45) is 0 Å². The lowest BCUT2D eigenvalue weighted by atomic mass is 9.94. The molecule has 3 aromatic rings. The molecule has 7 heteroatoms. The summed E-state index contributed by atoms with van der Waals surface area (Å²) < 4.78 is 6.24. The molecule has 1 aliphatic heterocycles. The summed E-state index contributed by atoms with van der Waals surface area (Å²) in [5, 5.41) is 4.18. The highest BCUT2D eigenvalue weighted by Gasteiger charge is 2.28. The third kappa shape index (κ3) is 4.88. The van der Waals surface area contributed by atoms with E-state index >= 15 is 0 Å². The number of carbonyl (C=O) groups is 1. The maximum absolute atomic E-state index is 13.0. The van der Waals surface area contributed by atoms with Crippen LogP contribution in [0, 0.1) is 13.8 Å². The van der Waals surface area contributed by atoms with Gasteiger partial charge >= 0.3 is 0 Å². The average Bonchev–Trinajstić information content (AvgIpc) is 3.12. The van der Waals surface area contributed by atoms with Crippen LogP contribution in [0.15, 0.2) is 30.3 Å². The van der Waals surface area contributed by atoms with Gasteiger partial charge in [-0.15, -0.1) is 11.3 Å². The Bertz CT molecular complexity index is 1040. The molecule has 3 heterocycles. The van der Waals surface area contributed by atoms with Crippen LogP contribution in [0.5, 0.6) is 0 Å². The number of aromatic nitrogens is 2. The standard InChI is InChI=1S/C24H30N4O2S/c1-16-14-17(2)27-24(26-16)28-12-7-6-8-18(28)15-20-19-9-4-5-10-21(19)31-22(20)23(29)25-11-13-30-3/h4-5,9-10,14,18H,6-8,11-13,15H2,1-3H3,(H,25,29)/t18-/m1/s1. The van der Waals surface area contributed by atoms with E-state index in [9.17, 15) is 4.79 Å². The first-order valence-corrected chi connectivity index (χ1v) is 11.7. The second kappa shape index (κ2) is 9.75. The Kier molecular flexibility index (Phi) is 6.83. The third-order valence-electron chi connectivity index (χ3n) is 5.79. The highest BCUT2D eigenvalue weighted by Crippen LogP contribution is 2.35. The van der Waals surface area contributed by atoms with Gasteiger partial charge in [-0.2, -0.15) is 0 Å². The molecule has 0 saturated carbocycles. The molecular weight excluding hydrogens is 408 g/mol. The van der Waals surface area contributed by atoms with Crippen LogP contribution in [0.25, 0.3) is 10.1 Å². The maximum Gasteiger partial charge on any atom is 0.261 e. The second-order valence-electron chi connectivity index (χ2n) is 8.15. The number of nitrogens with zero attached hydrogens (tertiary/aromatic N) is 3. The molecule has 1 N–H and O–H groups in total. The molecular formula is C24H30N4O2S. The molecule has 4 rings (SSSR count). The summed E-state index contributed by atoms with van der Waals surface area (Å²) in [7, 11) is 1.64. The van der Waals surface area contributed by atoms with Gasteiger partial charge in [0.1, 0.15) is 0 Å². The Labute approximate surface area is 187 Å². The highest BCUT2D eigenvalue weighted by atomic mass is 32.1. The van der Waals surface area contributed by atoms with Crippen molar-refractivity contribution >= 4 is 33.3 Å². The van der Waals surface area contributed by atoms with Gasteiger partial charge in [0.25, 0.3) is 5.91 Å². The minimum Gasteiger partial charge on any atom is -0.383 e. The molecule has 164 valence electrons. The van der Waals surface area contributed by atoms with Crippen LogP contribution < -0.4 is 10.2 Å². The summed E-state index contributed by atoms with van der Waals surface area (Å²) in [5.41, 5.74) is 3.12. The zero-order chi connectivity index (χ0) is 21.8. The smallest absolute Gasteiger partial charge is 0.261 e. The van der Waals surface area contributed by atoms with Crippen LogP contribution >= 0.6 is 11.3 Å². The molecule has 0 spiro atoms. The van der Waals surface area contributed by atoms with Crippen LogP contribution in [0.3, 0.4) is 0 Å². The number of piperidine rings is 1. The minimum absolute atomic E-state index is 0.0155. The largest absolute Gasteiger partial charge is 0.383 e. The number of methoxy groups -OCH3 is 1. The summed E-state index contributed by atoms with van der Waals surface area (Å²) in [6.07, 6.45) is 4.21. The van der Waals surface area contributed by atoms with Gasteiger partial charge in [0.05, 0.1) is 11.5 Å². The number of thiophene rings is 1. The fraction of sp³-hybridized carbons (Fsp3) is 0.458. The highest BCUT2D eigenvalue weighted by molar-refractivity contribution is 7.21. The first kappa shape index (κ1) is 21.7. The van der Waals surface area contributed by atoms with E-state index in [0.717, 1.165) is 58.3 Å². The van der Waals surface area contributed by atoms with E-state index in [2.05, 4.69) is 28.4 Å². The van der Waals surface area contributed by atoms with Crippen molar-refractivity contribution in [3.63, 3.8) is 0 Å². The molecule has 0 unspecified atom stereocenters. The molecule has 0 bridgehead atoms. The van der Waals surface area contributed by atoms with Crippen LogP contribution in [0.4, 0.5) is 5.95 Å². The van der Waals surface area contributed by atoms with Crippen LogP contribution in [-0.2, 0) is 11.2 Å². The van der Waals surface area contributed by atoms with Crippen molar-refractivity contribution in [2.45, 2.75) is 45.6 Å². The van der Waals surface area contributed by atoms with Gasteiger partial charge in [0.15, 0.2) is 0 Å². The maximum atomic E-state index is 13.0. The molecule has 1 aliphatic rings. The number of hydrogen-bond acceptors (Lipinski definition) is 6. The van der Waals surface area contributed by atoms with Crippen molar-refractivity contribution in [1.82, 2.24) is 15.3 Å². The molecule has 1 atom stereocenters. The predicted molar refractivity (Wildman–Crippen MR) is 126 cm³/mol. The quantitative estimate of drug-likeness (QED) is 0.558. The Morgan fingerprint density at radius 2 is 2.00 bits per heavy atom. The number of anilines is 1. The van der Waals surface area contributed by atoms with Crippen molar-refractivity contribution < 1.29 is 9.53 Å². The Morgan fingerprint density at radius 3 is 2.77 bits per heavy atom. The van der Waals surface area contributed by atoms with Gasteiger partial charge in [-0.3, -0.25) is 4.79 Å². The number of rotatable bonds is 7. The number of ether oxygens (including phenoxy) is 1. The first-order chi connectivity index (χ1) is 15.1. The van der Waals surface area contributed by atoms with E-state index in [1.54, 1.807) is 18.4 Å². The van der Waals surface area contributed by atoms with Gasteiger partial charge in [0.2, 0.25) is 5.95 Å². The lowest BCUT2D eigenvalue weighted by Gasteiger charge is -2.36. The third-order valence-corrected chi connectivity index (χ3v) is 7.00. The topological polar surface area (TPSA) is 67.3 Å². The molecule has 1 saturated heterocycles. The van der Waals surface area contributed by atoms with Gasteiger partial charge in [-0.25, -0.2) is 9.97 Å². The van der Waals surface area contributed by atoms with Crippen molar-refractivity contribution in [3.05, 3.63) is 52.2 Å². The van der Waals surface area contributed by atoms with Crippen LogP contribution in [0.2, 0.25) is 0 Å². The van der Waals surface area contributed by atoms with Crippen molar-refractivity contribution in [1.29, 1.82) is 0 Å². The predicted octanol–water partition coefficient (Wildman–Crippen LogP) is 4.29. The van der Waals surface area contributed by atoms with E-state index < -0.39 is 0 Å². The lowest BCUT2D eigenvalue weighted by molar-refractivity contribution is 0.0940. The molecule has 1 aromatic carbocycles. The number of fused-ring (bicyclic) bond motifs is 1. The fourth-order valence-electron chi connectivity index (χ4n) is 4.38. The molecule has 0 aliphatic carbocycles. The SMILES string of the molecule is COCCNC(=O)c1sc2ccccc2c1C[C@H]1CCCCN1c1nc(C)cc(C)n1. The van der Waals surface area contributed by atoms with E-state index in [-0.39, 0.29) is 11.9 Å². The molecule has 31 heavy (non-hydrogen) atoms. The molecule has 6 nitrogen and oxygen atoms in total. The first-order valence-electron chi connectivity index (χ1n) is 10.9. The van der Waals surface area contributed by atoms with Gasteiger partial charge in [-0.05, 0) is 62.6 Å². The number of carbonyl (C=O) groups excluding carboxylic acids is 1. The zero-order valence-electron chi connectivity index (χ0n) is 18.5. The van der Waals surface area contributed by atoms with E-state index in [4.69, 9.17) is 14.7 Å². The summed E-state index contributed by atoms with van der Waals surface area (Å²) in [6, 6.07) is 10.6. The molecule has 2 aromatic heterocycles. The van der Waals surface area contributed by atoms with Crippen molar-refractivity contribution in [2.75, 3.05) is 31.7 Å². The normalized spacial score (nSPS) is 16.6. The van der Waals surface area contributed by atoms with Crippen LogP contribution in [0.1, 0.15) is 45.9 Å². The number of hydrogen-bond donors (Lipinski definition) is 1. The van der Waals surface area contributed by atoms with E-state index in [0.29, 0.717) is 13.2 Å². The van der Waals surface area contributed by atoms with Crippen molar-refractivity contribution in [3.8, 4) is 0 Å².